The molecule has 104 valence electrons. The molecule has 20 heavy (non-hydrogen) atoms. The summed E-state index contributed by atoms with van der Waals surface area (Å²) in [5.74, 6) is 0. The lowest BCUT2D eigenvalue weighted by molar-refractivity contribution is 0.752. The van der Waals surface area contributed by atoms with Crippen LogP contribution in [0, 0.1) is 0 Å². The first-order valence-corrected chi connectivity index (χ1v) is 7.38. The van der Waals surface area contributed by atoms with Crippen LogP contribution in [0.15, 0.2) is 36.4 Å². The molecule has 0 unspecified atom stereocenters. The first-order valence-electron chi connectivity index (χ1n) is 6.63. The van der Waals surface area contributed by atoms with Crippen LogP contribution in [-0.2, 0) is 6.54 Å². The van der Waals surface area contributed by atoms with Crippen LogP contribution in [0.5, 0.6) is 0 Å². The van der Waals surface area contributed by atoms with Gasteiger partial charge in [-0.1, -0.05) is 35.3 Å². The molecule has 0 saturated carbocycles. The number of hydrogen-bond acceptors (Lipinski definition) is 3. The van der Waals surface area contributed by atoms with E-state index in [1.54, 1.807) is 12.1 Å². The Balaban J connectivity index is 1.92. The van der Waals surface area contributed by atoms with Gasteiger partial charge in [0.2, 0.25) is 0 Å². The molecule has 1 aliphatic heterocycles. The predicted octanol–water partition coefficient (Wildman–Crippen LogP) is 4.21. The fourth-order valence-electron chi connectivity index (χ4n) is 2.43. The highest BCUT2D eigenvalue weighted by atomic mass is 35.5. The van der Waals surface area contributed by atoms with Gasteiger partial charge >= 0.3 is 0 Å². The molecule has 1 aromatic heterocycles. The van der Waals surface area contributed by atoms with E-state index in [2.05, 4.69) is 27.3 Å². The SMILES string of the molecule is Clc1ccc(Cl)c(CN2CCCNc3ccccc32)n1. The van der Waals surface area contributed by atoms with E-state index in [-0.39, 0.29) is 0 Å². The number of anilines is 2. The van der Waals surface area contributed by atoms with E-state index in [9.17, 15) is 0 Å². The van der Waals surface area contributed by atoms with Gasteiger partial charge < -0.3 is 10.2 Å². The molecule has 0 fully saturated rings. The van der Waals surface area contributed by atoms with Crippen LogP contribution in [0.25, 0.3) is 0 Å². The summed E-state index contributed by atoms with van der Waals surface area (Å²) in [5.41, 5.74) is 3.15. The Morgan fingerprint density at radius 1 is 1.15 bits per heavy atom. The number of hydrogen-bond donors (Lipinski definition) is 1. The maximum atomic E-state index is 6.22. The van der Waals surface area contributed by atoms with Crippen LogP contribution >= 0.6 is 23.2 Å². The van der Waals surface area contributed by atoms with Gasteiger partial charge in [-0.15, -0.1) is 0 Å². The van der Waals surface area contributed by atoms with Crippen LogP contribution in [0.4, 0.5) is 11.4 Å². The minimum atomic E-state index is 0.477. The average molecular weight is 308 g/mol. The molecular formula is C15H15Cl2N3. The zero-order chi connectivity index (χ0) is 13.9. The molecule has 0 spiro atoms. The number of nitrogens with zero attached hydrogens (tertiary/aromatic N) is 2. The molecule has 1 aromatic carbocycles. The largest absolute Gasteiger partial charge is 0.383 e. The summed E-state index contributed by atoms with van der Waals surface area (Å²) < 4.78 is 0. The third kappa shape index (κ3) is 2.84. The van der Waals surface area contributed by atoms with Crippen molar-refractivity contribution >= 4 is 34.6 Å². The summed E-state index contributed by atoms with van der Waals surface area (Å²) in [4.78, 5) is 6.63. The first-order chi connectivity index (χ1) is 9.74. The van der Waals surface area contributed by atoms with Gasteiger partial charge in [0.1, 0.15) is 5.15 Å². The van der Waals surface area contributed by atoms with E-state index >= 15 is 0 Å². The van der Waals surface area contributed by atoms with E-state index in [4.69, 9.17) is 23.2 Å². The molecule has 1 aliphatic rings. The molecule has 3 rings (SSSR count). The maximum absolute atomic E-state index is 6.22. The van der Waals surface area contributed by atoms with Crippen molar-refractivity contribution in [2.45, 2.75) is 13.0 Å². The standard InChI is InChI=1S/C15H15Cl2N3/c16-11-6-7-15(17)19-13(11)10-20-9-3-8-18-12-4-1-2-5-14(12)20/h1-2,4-7,18H,3,8-10H2. The second-order valence-electron chi connectivity index (χ2n) is 4.78. The lowest BCUT2D eigenvalue weighted by Crippen LogP contribution is -2.24. The van der Waals surface area contributed by atoms with Crippen molar-refractivity contribution in [2.24, 2.45) is 0 Å². The van der Waals surface area contributed by atoms with Gasteiger partial charge in [0.25, 0.3) is 0 Å². The van der Waals surface area contributed by atoms with Gasteiger partial charge in [-0.25, -0.2) is 4.98 Å². The molecule has 3 nitrogen and oxygen atoms in total. The molecule has 0 atom stereocenters. The normalized spacial score (nSPS) is 14.4. The lowest BCUT2D eigenvalue weighted by Gasteiger charge is -2.24. The molecule has 5 heteroatoms. The van der Waals surface area contributed by atoms with Crippen molar-refractivity contribution in [1.82, 2.24) is 4.98 Å². The fraction of sp³-hybridized carbons (Fsp3) is 0.267. The highest BCUT2D eigenvalue weighted by Crippen LogP contribution is 2.30. The predicted molar refractivity (Wildman–Crippen MR) is 84.9 cm³/mol. The van der Waals surface area contributed by atoms with Gasteiger partial charge in [0.15, 0.2) is 0 Å². The summed E-state index contributed by atoms with van der Waals surface area (Å²) in [7, 11) is 0. The number of benzene rings is 1. The zero-order valence-corrected chi connectivity index (χ0v) is 12.5. The lowest BCUT2D eigenvalue weighted by atomic mass is 10.2. The van der Waals surface area contributed by atoms with Crippen LogP contribution < -0.4 is 10.2 Å². The van der Waals surface area contributed by atoms with E-state index in [1.807, 2.05) is 12.1 Å². The number of para-hydroxylation sites is 2. The number of halogens is 2. The Morgan fingerprint density at radius 2 is 2.00 bits per heavy atom. The number of fused-ring (bicyclic) bond motifs is 1. The minimum absolute atomic E-state index is 0.477. The van der Waals surface area contributed by atoms with Crippen molar-refractivity contribution < 1.29 is 0 Å². The van der Waals surface area contributed by atoms with Crippen molar-refractivity contribution in [2.75, 3.05) is 23.3 Å². The van der Waals surface area contributed by atoms with Gasteiger partial charge in [-0.2, -0.15) is 0 Å². The highest BCUT2D eigenvalue weighted by molar-refractivity contribution is 6.32. The molecule has 1 N–H and O–H groups in total. The Bertz CT molecular complexity index is 616. The van der Waals surface area contributed by atoms with Gasteiger partial charge in [-0.3, -0.25) is 0 Å². The van der Waals surface area contributed by atoms with Crippen molar-refractivity contribution in [3.63, 3.8) is 0 Å². The Labute approximate surface area is 128 Å². The zero-order valence-electron chi connectivity index (χ0n) is 10.9. The Morgan fingerprint density at radius 3 is 2.90 bits per heavy atom. The minimum Gasteiger partial charge on any atom is -0.383 e. The molecule has 0 radical (unpaired) electrons. The highest BCUT2D eigenvalue weighted by Gasteiger charge is 2.16. The smallest absolute Gasteiger partial charge is 0.129 e. The second kappa shape index (κ2) is 5.90. The third-order valence-electron chi connectivity index (χ3n) is 3.39. The number of pyridine rings is 1. The summed E-state index contributed by atoms with van der Waals surface area (Å²) in [6.45, 7) is 2.61. The van der Waals surface area contributed by atoms with Gasteiger partial charge in [0.05, 0.1) is 28.6 Å². The molecule has 2 aromatic rings. The van der Waals surface area contributed by atoms with Crippen molar-refractivity contribution in [3.8, 4) is 0 Å². The molecular weight excluding hydrogens is 293 g/mol. The second-order valence-corrected chi connectivity index (χ2v) is 5.58. The summed E-state index contributed by atoms with van der Waals surface area (Å²) in [6.07, 6.45) is 1.08. The van der Waals surface area contributed by atoms with Crippen LogP contribution in [0.2, 0.25) is 10.2 Å². The van der Waals surface area contributed by atoms with Crippen LogP contribution in [-0.4, -0.2) is 18.1 Å². The quantitative estimate of drug-likeness (QED) is 0.842. The molecule has 0 aliphatic carbocycles. The van der Waals surface area contributed by atoms with Crippen LogP contribution in [0.1, 0.15) is 12.1 Å². The van der Waals surface area contributed by atoms with E-state index in [0.29, 0.717) is 16.7 Å². The summed E-state index contributed by atoms with van der Waals surface area (Å²) in [6, 6.07) is 11.8. The van der Waals surface area contributed by atoms with Crippen molar-refractivity contribution in [1.29, 1.82) is 0 Å². The number of rotatable bonds is 2. The third-order valence-corrected chi connectivity index (χ3v) is 3.94. The van der Waals surface area contributed by atoms with E-state index in [0.717, 1.165) is 30.9 Å². The molecule has 2 heterocycles. The molecule has 0 bridgehead atoms. The van der Waals surface area contributed by atoms with Crippen molar-refractivity contribution in [3.05, 3.63) is 52.3 Å². The van der Waals surface area contributed by atoms with Gasteiger partial charge in [0, 0.05) is 13.1 Å². The average Bonchev–Trinajstić information content (AvgIpc) is 2.66. The van der Waals surface area contributed by atoms with E-state index < -0.39 is 0 Å². The first kappa shape index (κ1) is 13.5. The monoisotopic (exact) mass is 307 g/mol. The Hall–Kier alpha value is -1.45. The number of aromatic nitrogens is 1. The maximum Gasteiger partial charge on any atom is 0.129 e. The number of nitrogens with one attached hydrogen (secondary N) is 1. The molecule has 0 amide bonds. The summed E-state index contributed by atoms with van der Waals surface area (Å²) >= 11 is 12.2. The van der Waals surface area contributed by atoms with Crippen LogP contribution in [0.3, 0.4) is 0 Å². The topological polar surface area (TPSA) is 28.2 Å². The van der Waals surface area contributed by atoms with E-state index in [1.165, 1.54) is 5.69 Å². The molecule has 0 saturated heterocycles. The fourth-order valence-corrected chi connectivity index (χ4v) is 2.76. The van der Waals surface area contributed by atoms with Gasteiger partial charge in [-0.05, 0) is 30.7 Å². The summed E-state index contributed by atoms with van der Waals surface area (Å²) in [5, 5.41) is 4.58. The Kier molecular flexibility index (Phi) is 3.99.